The Morgan fingerprint density at radius 3 is 2.44 bits per heavy atom. The molecule has 0 saturated carbocycles. The average molecular weight is 268 g/mol. The van der Waals surface area contributed by atoms with Crippen molar-refractivity contribution in [1.82, 2.24) is 0 Å². The molecule has 1 aromatic carbocycles. The maximum atomic E-state index is 12.0. The Hall–Kier alpha value is -0.860. The smallest absolute Gasteiger partial charge is 0.162 e. The monoisotopic (exact) mass is 267 g/mol. The molecule has 0 bridgehead atoms. The largest absolute Gasteiger partial charge is 0.330 e. The minimum absolute atomic E-state index is 0.199. The number of rotatable bonds is 8. The molecule has 1 aromatic rings. The lowest BCUT2D eigenvalue weighted by Gasteiger charge is -2.14. The molecule has 0 amide bonds. The molecule has 0 aliphatic rings. The minimum atomic E-state index is 0.199. The number of hydrogen-bond acceptors (Lipinski definition) is 2. The molecule has 3 heteroatoms. The van der Waals surface area contributed by atoms with E-state index in [1.165, 1.54) is 0 Å². The van der Waals surface area contributed by atoms with Crippen LogP contribution < -0.4 is 5.73 Å². The van der Waals surface area contributed by atoms with Crippen molar-refractivity contribution in [2.45, 2.75) is 39.0 Å². The molecule has 0 radical (unpaired) electrons. The molecule has 18 heavy (non-hydrogen) atoms. The van der Waals surface area contributed by atoms with Gasteiger partial charge in [0.2, 0.25) is 0 Å². The van der Waals surface area contributed by atoms with Crippen LogP contribution in [0.5, 0.6) is 0 Å². The highest BCUT2D eigenvalue weighted by Gasteiger charge is 2.11. The van der Waals surface area contributed by atoms with Crippen molar-refractivity contribution in [3.8, 4) is 0 Å². The van der Waals surface area contributed by atoms with Gasteiger partial charge in [-0.25, -0.2) is 0 Å². The van der Waals surface area contributed by atoms with Crippen LogP contribution in [-0.2, 0) is 0 Å². The molecule has 1 unspecified atom stereocenters. The van der Waals surface area contributed by atoms with Gasteiger partial charge in [0.05, 0.1) is 0 Å². The molecule has 0 aromatic heterocycles. The van der Waals surface area contributed by atoms with Crippen LogP contribution in [-0.4, -0.2) is 12.3 Å². The van der Waals surface area contributed by atoms with Crippen LogP contribution in [0.15, 0.2) is 24.3 Å². The Morgan fingerprint density at radius 2 is 1.89 bits per heavy atom. The highest BCUT2D eigenvalue weighted by atomic mass is 35.5. The van der Waals surface area contributed by atoms with Crippen LogP contribution in [0.1, 0.15) is 49.4 Å². The van der Waals surface area contributed by atoms with E-state index in [9.17, 15) is 4.79 Å². The van der Waals surface area contributed by atoms with Gasteiger partial charge in [0, 0.05) is 17.0 Å². The Bertz CT molecular complexity index is 355. The second kappa shape index (κ2) is 8.28. The van der Waals surface area contributed by atoms with Crippen LogP contribution in [0, 0.1) is 5.92 Å². The molecule has 2 N–H and O–H groups in total. The van der Waals surface area contributed by atoms with Crippen molar-refractivity contribution in [1.29, 1.82) is 0 Å². The summed E-state index contributed by atoms with van der Waals surface area (Å²) in [4.78, 5) is 12.0. The van der Waals surface area contributed by atoms with Gasteiger partial charge in [0.1, 0.15) is 0 Å². The molecule has 0 aliphatic carbocycles. The van der Waals surface area contributed by atoms with E-state index < -0.39 is 0 Å². The second-order valence-corrected chi connectivity index (χ2v) is 5.14. The third kappa shape index (κ3) is 5.19. The molecule has 0 aliphatic heterocycles. The van der Waals surface area contributed by atoms with Crippen LogP contribution >= 0.6 is 11.6 Å². The van der Waals surface area contributed by atoms with Gasteiger partial charge in [-0.15, -0.1) is 0 Å². The standard InChI is InChI=1S/C15H22ClNO/c1-2-3-12(10-11-17)4-9-15(18)13-5-7-14(16)8-6-13/h5-8,12H,2-4,9-11,17H2,1H3. The van der Waals surface area contributed by atoms with E-state index >= 15 is 0 Å². The first kappa shape index (κ1) is 15.2. The summed E-state index contributed by atoms with van der Waals surface area (Å²) in [5, 5.41) is 0.665. The maximum Gasteiger partial charge on any atom is 0.162 e. The number of halogens is 1. The topological polar surface area (TPSA) is 43.1 Å². The highest BCUT2D eigenvalue weighted by molar-refractivity contribution is 6.30. The van der Waals surface area contributed by atoms with E-state index in [0.717, 1.165) is 31.2 Å². The van der Waals surface area contributed by atoms with E-state index in [4.69, 9.17) is 17.3 Å². The second-order valence-electron chi connectivity index (χ2n) is 4.70. The average Bonchev–Trinajstić information content (AvgIpc) is 2.37. The quantitative estimate of drug-likeness (QED) is 0.722. The molecule has 0 fully saturated rings. The van der Waals surface area contributed by atoms with E-state index in [-0.39, 0.29) is 5.78 Å². The summed E-state index contributed by atoms with van der Waals surface area (Å²) < 4.78 is 0. The fraction of sp³-hybridized carbons (Fsp3) is 0.533. The molecule has 0 heterocycles. The molecule has 0 spiro atoms. The number of hydrogen-bond donors (Lipinski definition) is 1. The van der Waals surface area contributed by atoms with Crippen LogP contribution in [0.3, 0.4) is 0 Å². The fourth-order valence-electron chi connectivity index (χ4n) is 2.19. The molecular weight excluding hydrogens is 246 g/mol. The molecule has 1 rings (SSSR count). The van der Waals surface area contributed by atoms with E-state index in [0.29, 0.717) is 23.9 Å². The predicted molar refractivity (Wildman–Crippen MR) is 77.1 cm³/mol. The SMILES string of the molecule is CCCC(CCN)CCC(=O)c1ccc(Cl)cc1. The summed E-state index contributed by atoms with van der Waals surface area (Å²) in [5.41, 5.74) is 6.35. The molecule has 100 valence electrons. The lowest BCUT2D eigenvalue weighted by Crippen LogP contribution is -2.11. The van der Waals surface area contributed by atoms with Crippen molar-refractivity contribution in [2.24, 2.45) is 11.7 Å². The third-order valence-electron chi connectivity index (χ3n) is 3.22. The van der Waals surface area contributed by atoms with E-state index in [1.807, 2.05) is 0 Å². The zero-order valence-corrected chi connectivity index (χ0v) is 11.7. The zero-order valence-electron chi connectivity index (χ0n) is 11.0. The summed E-state index contributed by atoms with van der Waals surface area (Å²) in [6.07, 6.45) is 4.87. The summed E-state index contributed by atoms with van der Waals surface area (Å²) in [6, 6.07) is 7.11. The van der Waals surface area contributed by atoms with Crippen molar-refractivity contribution in [3.63, 3.8) is 0 Å². The first-order valence-electron chi connectivity index (χ1n) is 6.66. The number of carbonyl (C=O) groups excluding carboxylic acids is 1. The highest BCUT2D eigenvalue weighted by Crippen LogP contribution is 2.19. The summed E-state index contributed by atoms with van der Waals surface area (Å²) in [7, 11) is 0. The van der Waals surface area contributed by atoms with Gasteiger partial charge in [-0.2, -0.15) is 0 Å². The molecule has 0 saturated heterocycles. The molecular formula is C15H22ClNO. The minimum Gasteiger partial charge on any atom is -0.330 e. The zero-order chi connectivity index (χ0) is 13.4. The Morgan fingerprint density at radius 1 is 1.22 bits per heavy atom. The van der Waals surface area contributed by atoms with Crippen molar-refractivity contribution >= 4 is 17.4 Å². The third-order valence-corrected chi connectivity index (χ3v) is 3.47. The van der Waals surface area contributed by atoms with Gasteiger partial charge in [-0.1, -0.05) is 31.4 Å². The Labute approximate surface area is 115 Å². The van der Waals surface area contributed by atoms with Crippen LogP contribution in [0.2, 0.25) is 5.02 Å². The lowest BCUT2D eigenvalue weighted by molar-refractivity contribution is 0.0972. The van der Waals surface area contributed by atoms with Gasteiger partial charge in [-0.05, 0) is 49.6 Å². The summed E-state index contributed by atoms with van der Waals surface area (Å²) >= 11 is 5.80. The fourth-order valence-corrected chi connectivity index (χ4v) is 2.32. The summed E-state index contributed by atoms with van der Waals surface area (Å²) in [6.45, 7) is 2.88. The van der Waals surface area contributed by atoms with Gasteiger partial charge < -0.3 is 5.73 Å². The van der Waals surface area contributed by atoms with E-state index in [2.05, 4.69) is 6.92 Å². The van der Waals surface area contributed by atoms with E-state index in [1.54, 1.807) is 24.3 Å². The van der Waals surface area contributed by atoms with Gasteiger partial charge >= 0.3 is 0 Å². The number of benzene rings is 1. The first-order valence-corrected chi connectivity index (χ1v) is 7.04. The Balaban J connectivity index is 2.46. The normalized spacial score (nSPS) is 12.4. The maximum absolute atomic E-state index is 12.0. The van der Waals surface area contributed by atoms with Crippen molar-refractivity contribution in [3.05, 3.63) is 34.9 Å². The lowest BCUT2D eigenvalue weighted by atomic mass is 9.92. The Kier molecular flexibility index (Phi) is 6.99. The summed E-state index contributed by atoms with van der Waals surface area (Å²) in [5.74, 6) is 0.779. The molecule has 2 nitrogen and oxygen atoms in total. The number of nitrogens with two attached hydrogens (primary N) is 1. The van der Waals surface area contributed by atoms with Gasteiger partial charge in [0.25, 0.3) is 0 Å². The van der Waals surface area contributed by atoms with Crippen molar-refractivity contribution in [2.75, 3.05) is 6.54 Å². The number of ketones is 1. The van der Waals surface area contributed by atoms with Crippen LogP contribution in [0.25, 0.3) is 0 Å². The van der Waals surface area contributed by atoms with Crippen molar-refractivity contribution < 1.29 is 4.79 Å². The van der Waals surface area contributed by atoms with Crippen LogP contribution in [0.4, 0.5) is 0 Å². The first-order chi connectivity index (χ1) is 8.67. The molecule has 1 atom stereocenters. The van der Waals surface area contributed by atoms with Gasteiger partial charge in [-0.3, -0.25) is 4.79 Å². The number of Topliss-reactive ketones (excluding diaryl/α,β-unsaturated/α-hetero) is 1. The van der Waals surface area contributed by atoms with Gasteiger partial charge in [0.15, 0.2) is 5.78 Å². The number of carbonyl (C=O) groups is 1. The predicted octanol–water partition coefficient (Wildman–Crippen LogP) is 4.07.